The number of likely N-dealkylation sites (tertiary alicyclic amines) is 1. The Morgan fingerprint density at radius 2 is 2.04 bits per heavy atom. The number of fused-ring (bicyclic) bond motifs is 1. The Balaban J connectivity index is 1.55. The van der Waals surface area contributed by atoms with Gasteiger partial charge < -0.3 is 14.4 Å². The molecule has 3 heterocycles. The van der Waals surface area contributed by atoms with Crippen LogP contribution in [0.15, 0.2) is 22.4 Å². The summed E-state index contributed by atoms with van der Waals surface area (Å²) in [4.78, 5) is 14.7. The number of carbonyl (C=O) groups excluding carboxylic acids is 1. The van der Waals surface area contributed by atoms with Crippen LogP contribution in [0.4, 0.5) is 0 Å². The fourth-order valence-corrected chi connectivity index (χ4v) is 5.17. The molecule has 0 spiro atoms. The summed E-state index contributed by atoms with van der Waals surface area (Å²) in [6.07, 6.45) is 2.72. The van der Waals surface area contributed by atoms with Crippen LogP contribution in [0.2, 0.25) is 0 Å². The highest BCUT2D eigenvalue weighted by Crippen LogP contribution is 2.34. The molecule has 1 amide bonds. The number of piperidine rings is 1. The minimum Gasteiger partial charge on any atom is -0.486 e. The molecule has 1 aromatic heterocycles. The van der Waals surface area contributed by atoms with Crippen molar-refractivity contribution >= 4 is 27.3 Å². The first kappa shape index (κ1) is 18.2. The Hall–Kier alpha value is -2.20. The van der Waals surface area contributed by atoms with Crippen molar-refractivity contribution in [2.24, 2.45) is 0 Å². The molecule has 1 atom stereocenters. The molecule has 27 heavy (non-hydrogen) atoms. The minimum absolute atomic E-state index is 0.110. The predicted octanol–water partition coefficient (Wildman–Crippen LogP) is 1.73. The molecule has 1 aromatic carbocycles. The third kappa shape index (κ3) is 3.63. The van der Waals surface area contributed by atoms with Crippen molar-refractivity contribution < 1.29 is 22.7 Å². The van der Waals surface area contributed by atoms with Gasteiger partial charge in [-0.1, -0.05) is 4.49 Å². The topological polar surface area (TPSA) is 98.7 Å². The van der Waals surface area contributed by atoms with E-state index in [9.17, 15) is 13.2 Å². The third-order valence-corrected chi connectivity index (χ3v) is 7.26. The fourth-order valence-electron chi connectivity index (χ4n) is 3.44. The molecule has 2 aliphatic heterocycles. The number of amides is 1. The van der Waals surface area contributed by atoms with Crippen molar-refractivity contribution in [1.29, 1.82) is 0 Å². The van der Waals surface area contributed by atoms with Gasteiger partial charge in [0.25, 0.3) is 5.91 Å². The van der Waals surface area contributed by atoms with Crippen molar-refractivity contribution in [3.63, 3.8) is 0 Å². The molecule has 1 saturated heterocycles. The van der Waals surface area contributed by atoms with Crippen LogP contribution in [0.25, 0.3) is 0 Å². The number of benzene rings is 1. The maximum Gasteiger partial charge on any atom is 0.254 e. The highest BCUT2D eigenvalue weighted by Gasteiger charge is 2.31. The molecule has 0 unspecified atom stereocenters. The Kier molecular flexibility index (Phi) is 4.77. The van der Waals surface area contributed by atoms with Gasteiger partial charge in [0.05, 0.1) is 5.69 Å². The van der Waals surface area contributed by atoms with E-state index >= 15 is 0 Å². The first-order chi connectivity index (χ1) is 12.9. The first-order valence-corrected chi connectivity index (χ1v) is 11.3. The van der Waals surface area contributed by atoms with E-state index in [0.29, 0.717) is 49.1 Å². The van der Waals surface area contributed by atoms with Crippen LogP contribution in [0.3, 0.4) is 0 Å². The molecule has 10 heteroatoms. The maximum atomic E-state index is 13.0. The van der Waals surface area contributed by atoms with E-state index in [1.807, 2.05) is 0 Å². The van der Waals surface area contributed by atoms with Gasteiger partial charge in [0.15, 0.2) is 25.5 Å². The van der Waals surface area contributed by atoms with Crippen LogP contribution in [0.1, 0.15) is 34.8 Å². The molecular weight excluding hydrogens is 390 g/mol. The summed E-state index contributed by atoms with van der Waals surface area (Å²) in [5, 5.41) is 4.05. The smallest absolute Gasteiger partial charge is 0.254 e. The third-order valence-electron chi connectivity index (χ3n) is 4.70. The Morgan fingerprint density at radius 3 is 2.81 bits per heavy atom. The first-order valence-electron chi connectivity index (χ1n) is 8.65. The molecular formula is C17H19N3O5S2. The molecule has 2 aromatic rings. The van der Waals surface area contributed by atoms with E-state index in [-0.39, 0.29) is 16.0 Å². The second kappa shape index (κ2) is 7.08. The lowest BCUT2D eigenvalue weighted by Gasteiger charge is -2.32. The van der Waals surface area contributed by atoms with E-state index in [0.717, 1.165) is 30.6 Å². The van der Waals surface area contributed by atoms with Crippen molar-refractivity contribution in [2.75, 3.05) is 32.6 Å². The van der Waals surface area contributed by atoms with Gasteiger partial charge in [0.1, 0.15) is 13.2 Å². The monoisotopic (exact) mass is 409 g/mol. The summed E-state index contributed by atoms with van der Waals surface area (Å²) in [5.74, 6) is 0.966. The average molecular weight is 409 g/mol. The van der Waals surface area contributed by atoms with Gasteiger partial charge in [-0.3, -0.25) is 4.79 Å². The van der Waals surface area contributed by atoms with Gasteiger partial charge in [-0.2, -0.15) is 0 Å². The zero-order valence-corrected chi connectivity index (χ0v) is 16.4. The van der Waals surface area contributed by atoms with Gasteiger partial charge in [-0.25, -0.2) is 8.42 Å². The number of ether oxygens (including phenoxy) is 2. The Morgan fingerprint density at radius 1 is 1.26 bits per heavy atom. The fraction of sp³-hybridized carbons (Fsp3) is 0.471. The molecule has 4 rings (SSSR count). The second-order valence-electron chi connectivity index (χ2n) is 6.67. The van der Waals surface area contributed by atoms with E-state index in [1.165, 1.54) is 0 Å². The van der Waals surface area contributed by atoms with E-state index < -0.39 is 9.84 Å². The number of hydrogen-bond acceptors (Lipinski definition) is 8. The van der Waals surface area contributed by atoms with Gasteiger partial charge in [0, 0.05) is 42.4 Å². The molecule has 0 aliphatic carbocycles. The SMILES string of the molecule is CS(=O)(=O)c1snnc1[C@@H]1CCCN(C(=O)c2ccc3c(c2)OCCO3)C1. The minimum atomic E-state index is -3.38. The highest BCUT2D eigenvalue weighted by molar-refractivity contribution is 7.92. The summed E-state index contributed by atoms with van der Waals surface area (Å²) < 4.78 is 39.0. The molecule has 2 aliphatic rings. The van der Waals surface area contributed by atoms with Crippen molar-refractivity contribution in [2.45, 2.75) is 23.0 Å². The van der Waals surface area contributed by atoms with Gasteiger partial charge in [0.2, 0.25) is 0 Å². The maximum absolute atomic E-state index is 13.0. The molecule has 8 nitrogen and oxygen atoms in total. The quantitative estimate of drug-likeness (QED) is 0.761. The van der Waals surface area contributed by atoms with Crippen molar-refractivity contribution in [1.82, 2.24) is 14.5 Å². The number of rotatable bonds is 3. The lowest BCUT2D eigenvalue weighted by molar-refractivity contribution is 0.0704. The normalized spacial score (nSPS) is 19.7. The Bertz CT molecular complexity index is 973. The molecule has 1 fully saturated rings. The molecule has 144 valence electrons. The van der Waals surface area contributed by atoms with Crippen LogP contribution >= 0.6 is 11.5 Å². The highest BCUT2D eigenvalue weighted by atomic mass is 32.2. The predicted molar refractivity (Wildman–Crippen MR) is 98.3 cm³/mol. The van der Waals surface area contributed by atoms with Gasteiger partial charge in [-0.05, 0) is 31.0 Å². The van der Waals surface area contributed by atoms with Crippen LogP contribution in [-0.4, -0.2) is 61.4 Å². The average Bonchev–Trinajstić information content (AvgIpc) is 3.18. The number of hydrogen-bond donors (Lipinski definition) is 0. The molecule has 0 saturated carbocycles. The summed E-state index contributed by atoms with van der Waals surface area (Å²) in [6.45, 7) is 2.00. The second-order valence-corrected chi connectivity index (χ2v) is 9.63. The summed E-state index contributed by atoms with van der Waals surface area (Å²) in [6, 6.07) is 5.17. The standard InChI is InChI=1S/C17H19N3O5S2/c1-27(22,23)17-15(18-19-26-17)12-3-2-6-20(10-12)16(21)11-4-5-13-14(9-11)25-8-7-24-13/h4-5,9,12H,2-3,6-8,10H2,1H3/t12-/m1/s1. The summed E-state index contributed by atoms with van der Waals surface area (Å²) in [5.41, 5.74) is 1.00. The molecule has 0 bridgehead atoms. The lowest BCUT2D eigenvalue weighted by atomic mass is 9.95. The van der Waals surface area contributed by atoms with E-state index in [1.54, 1.807) is 23.1 Å². The van der Waals surface area contributed by atoms with E-state index in [4.69, 9.17) is 9.47 Å². The van der Waals surface area contributed by atoms with Crippen molar-refractivity contribution in [3.05, 3.63) is 29.5 Å². The zero-order chi connectivity index (χ0) is 19.0. The largest absolute Gasteiger partial charge is 0.486 e. The number of nitrogens with zero attached hydrogens (tertiary/aromatic N) is 3. The number of carbonyl (C=O) groups is 1. The van der Waals surface area contributed by atoms with Gasteiger partial charge >= 0.3 is 0 Å². The van der Waals surface area contributed by atoms with Crippen LogP contribution in [-0.2, 0) is 9.84 Å². The zero-order valence-electron chi connectivity index (χ0n) is 14.8. The van der Waals surface area contributed by atoms with Crippen LogP contribution in [0, 0.1) is 0 Å². The number of aromatic nitrogens is 2. The van der Waals surface area contributed by atoms with Crippen LogP contribution < -0.4 is 9.47 Å². The van der Waals surface area contributed by atoms with Crippen molar-refractivity contribution in [3.8, 4) is 11.5 Å². The summed E-state index contributed by atoms with van der Waals surface area (Å²) >= 11 is 0.889. The Labute approximate surface area is 161 Å². The van der Waals surface area contributed by atoms with Crippen LogP contribution in [0.5, 0.6) is 11.5 Å². The lowest BCUT2D eigenvalue weighted by Crippen LogP contribution is -2.39. The number of sulfone groups is 1. The van der Waals surface area contributed by atoms with Gasteiger partial charge in [-0.15, -0.1) is 5.10 Å². The molecule has 0 N–H and O–H groups in total. The molecule has 0 radical (unpaired) electrons. The van der Waals surface area contributed by atoms with E-state index in [2.05, 4.69) is 9.59 Å². The summed E-state index contributed by atoms with van der Waals surface area (Å²) in [7, 11) is -3.38.